The Kier molecular flexibility index (Phi) is 4.83. The fourth-order valence-electron chi connectivity index (χ4n) is 1.83. The van der Waals surface area contributed by atoms with E-state index in [1.807, 2.05) is 18.2 Å². The maximum atomic E-state index is 12.1. The normalized spacial score (nSPS) is 13.0. The van der Waals surface area contributed by atoms with E-state index in [0.29, 0.717) is 11.3 Å². The number of furan rings is 1. The molecule has 22 heavy (non-hydrogen) atoms. The van der Waals surface area contributed by atoms with Crippen LogP contribution in [-0.4, -0.2) is 31.1 Å². The zero-order valence-electron chi connectivity index (χ0n) is 12.4. The third-order valence-corrected chi connectivity index (χ3v) is 3.08. The largest absolute Gasteiger partial charge is 0.491 e. The molecule has 2 rings (SSSR count). The summed E-state index contributed by atoms with van der Waals surface area (Å²) in [5, 5.41) is 2.62. The number of ether oxygens (including phenoxy) is 2. The standard InChI is InChI=1S/C16H17NO5/c1-16(15(19)20-2,11-22-13-6-4-3-5-7-13)17-14(18)12-8-9-21-10-12/h3-10H,11H2,1-2H3,(H,17,18)/t16-/m0/s1. The van der Waals surface area contributed by atoms with Gasteiger partial charge in [-0.3, -0.25) is 4.79 Å². The van der Waals surface area contributed by atoms with Crippen LogP contribution < -0.4 is 10.1 Å². The van der Waals surface area contributed by atoms with Crippen molar-refractivity contribution in [1.29, 1.82) is 0 Å². The monoisotopic (exact) mass is 303 g/mol. The van der Waals surface area contributed by atoms with E-state index >= 15 is 0 Å². The number of carbonyl (C=O) groups is 2. The highest BCUT2D eigenvalue weighted by Gasteiger charge is 2.37. The Morgan fingerprint density at radius 3 is 2.55 bits per heavy atom. The average molecular weight is 303 g/mol. The molecule has 1 heterocycles. The van der Waals surface area contributed by atoms with Crippen LogP contribution in [-0.2, 0) is 9.53 Å². The quantitative estimate of drug-likeness (QED) is 0.826. The van der Waals surface area contributed by atoms with Gasteiger partial charge >= 0.3 is 5.97 Å². The molecule has 0 unspecified atom stereocenters. The smallest absolute Gasteiger partial charge is 0.334 e. The van der Waals surface area contributed by atoms with Gasteiger partial charge in [0.15, 0.2) is 5.54 Å². The van der Waals surface area contributed by atoms with Crippen molar-refractivity contribution >= 4 is 11.9 Å². The van der Waals surface area contributed by atoms with Crippen LogP contribution in [0.2, 0.25) is 0 Å². The molecule has 116 valence electrons. The van der Waals surface area contributed by atoms with Crippen molar-refractivity contribution in [2.45, 2.75) is 12.5 Å². The van der Waals surface area contributed by atoms with Crippen molar-refractivity contribution in [3.05, 3.63) is 54.5 Å². The molecule has 0 aliphatic rings. The van der Waals surface area contributed by atoms with Crippen LogP contribution >= 0.6 is 0 Å². The van der Waals surface area contributed by atoms with Crippen molar-refractivity contribution < 1.29 is 23.5 Å². The third-order valence-electron chi connectivity index (χ3n) is 3.08. The van der Waals surface area contributed by atoms with Gasteiger partial charge in [-0.1, -0.05) is 18.2 Å². The average Bonchev–Trinajstić information content (AvgIpc) is 3.08. The van der Waals surface area contributed by atoms with Crippen LogP contribution in [0.25, 0.3) is 0 Å². The Morgan fingerprint density at radius 1 is 1.23 bits per heavy atom. The van der Waals surface area contributed by atoms with Crippen LogP contribution in [0.4, 0.5) is 0 Å². The lowest BCUT2D eigenvalue weighted by Gasteiger charge is -2.27. The first-order valence-corrected chi connectivity index (χ1v) is 6.66. The molecule has 1 aromatic heterocycles. The van der Waals surface area contributed by atoms with Crippen molar-refractivity contribution in [3.8, 4) is 5.75 Å². The molecule has 0 aliphatic heterocycles. The second-order valence-corrected chi connectivity index (χ2v) is 4.89. The first-order valence-electron chi connectivity index (χ1n) is 6.66. The molecule has 0 saturated carbocycles. The molecule has 0 saturated heterocycles. The summed E-state index contributed by atoms with van der Waals surface area (Å²) in [5.41, 5.74) is -1.01. The number of rotatable bonds is 6. The highest BCUT2D eigenvalue weighted by molar-refractivity contribution is 5.97. The van der Waals surface area contributed by atoms with Crippen LogP contribution in [0.5, 0.6) is 5.75 Å². The molecular weight excluding hydrogens is 286 g/mol. The summed E-state index contributed by atoms with van der Waals surface area (Å²) in [7, 11) is 1.26. The van der Waals surface area contributed by atoms with E-state index in [9.17, 15) is 9.59 Å². The minimum atomic E-state index is -1.32. The maximum Gasteiger partial charge on any atom is 0.334 e. The van der Waals surface area contributed by atoms with E-state index in [1.54, 1.807) is 19.1 Å². The fourth-order valence-corrected chi connectivity index (χ4v) is 1.83. The van der Waals surface area contributed by atoms with E-state index in [2.05, 4.69) is 5.32 Å². The van der Waals surface area contributed by atoms with Crippen molar-refractivity contribution in [3.63, 3.8) is 0 Å². The molecule has 1 amide bonds. The van der Waals surface area contributed by atoms with Crippen LogP contribution in [0.15, 0.2) is 53.3 Å². The van der Waals surface area contributed by atoms with Crippen molar-refractivity contribution in [2.75, 3.05) is 13.7 Å². The number of esters is 1. The lowest BCUT2D eigenvalue weighted by atomic mass is 10.0. The van der Waals surface area contributed by atoms with Gasteiger partial charge in [-0.2, -0.15) is 0 Å². The summed E-state index contributed by atoms with van der Waals surface area (Å²) in [6.45, 7) is 1.48. The highest BCUT2D eigenvalue weighted by Crippen LogP contribution is 2.14. The molecule has 0 aliphatic carbocycles. The maximum absolute atomic E-state index is 12.1. The Balaban J connectivity index is 2.10. The number of hydrogen-bond donors (Lipinski definition) is 1. The summed E-state index contributed by atoms with van der Waals surface area (Å²) in [5.74, 6) is -0.450. The minimum absolute atomic E-state index is 0.0622. The van der Waals surface area contributed by atoms with E-state index < -0.39 is 17.4 Å². The number of methoxy groups -OCH3 is 1. The van der Waals surface area contributed by atoms with Gasteiger partial charge in [-0.05, 0) is 25.1 Å². The lowest BCUT2D eigenvalue weighted by molar-refractivity contribution is -0.148. The summed E-state index contributed by atoms with van der Waals surface area (Å²) in [6, 6.07) is 10.5. The number of carbonyl (C=O) groups excluding carboxylic acids is 2. The van der Waals surface area contributed by atoms with E-state index in [0.717, 1.165) is 0 Å². The second-order valence-electron chi connectivity index (χ2n) is 4.89. The fraction of sp³-hybridized carbons (Fsp3) is 0.250. The summed E-state index contributed by atoms with van der Waals surface area (Å²) in [6.07, 6.45) is 2.68. The number of amides is 1. The molecule has 2 aromatic rings. The predicted octanol–water partition coefficient (Wildman–Crippen LogP) is 2.02. The zero-order valence-corrected chi connectivity index (χ0v) is 12.4. The van der Waals surface area contributed by atoms with Crippen molar-refractivity contribution in [2.24, 2.45) is 0 Å². The first-order chi connectivity index (χ1) is 10.5. The third kappa shape index (κ3) is 3.66. The molecule has 0 radical (unpaired) electrons. The molecule has 0 fully saturated rings. The number of para-hydroxylation sites is 1. The minimum Gasteiger partial charge on any atom is -0.491 e. The molecule has 6 heteroatoms. The van der Waals surface area contributed by atoms with Gasteiger partial charge in [0.2, 0.25) is 0 Å². The van der Waals surface area contributed by atoms with Crippen LogP contribution in [0.3, 0.4) is 0 Å². The summed E-state index contributed by atoms with van der Waals surface area (Å²) >= 11 is 0. The van der Waals surface area contributed by atoms with Gasteiger partial charge in [0.05, 0.1) is 18.9 Å². The van der Waals surface area contributed by atoms with E-state index in [1.165, 1.54) is 25.7 Å². The van der Waals surface area contributed by atoms with Gasteiger partial charge in [0.1, 0.15) is 18.6 Å². The Morgan fingerprint density at radius 2 is 1.95 bits per heavy atom. The molecule has 0 bridgehead atoms. The van der Waals surface area contributed by atoms with Crippen LogP contribution in [0.1, 0.15) is 17.3 Å². The summed E-state index contributed by atoms with van der Waals surface area (Å²) < 4.78 is 15.2. The first kappa shape index (κ1) is 15.6. The predicted molar refractivity (Wildman–Crippen MR) is 78.5 cm³/mol. The van der Waals surface area contributed by atoms with Crippen molar-refractivity contribution in [1.82, 2.24) is 5.32 Å². The van der Waals surface area contributed by atoms with Gasteiger partial charge in [0, 0.05) is 0 Å². The number of nitrogens with one attached hydrogen (secondary N) is 1. The number of hydrogen-bond acceptors (Lipinski definition) is 5. The molecule has 1 atom stereocenters. The molecule has 1 aromatic carbocycles. The Hall–Kier alpha value is -2.76. The zero-order chi connectivity index (χ0) is 16.0. The lowest BCUT2D eigenvalue weighted by Crippen LogP contribution is -2.56. The van der Waals surface area contributed by atoms with Gasteiger partial charge < -0.3 is 19.2 Å². The van der Waals surface area contributed by atoms with Gasteiger partial charge in [-0.15, -0.1) is 0 Å². The van der Waals surface area contributed by atoms with Gasteiger partial charge in [-0.25, -0.2) is 4.79 Å². The van der Waals surface area contributed by atoms with Gasteiger partial charge in [0.25, 0.3) is 5.91 Å². The number of benzene rings is 1. The Labute approximate surface area is 128 Å². The van der Waals surface area contributed by atoms with E-state index in [-0.39, 0.29) is 6.61 Å². The van der Waals surface area contributed by atoms with E-state index in [4.69, 9.17) is 13.9 Å². The second kappa shape index (κ2) is 6.80. The summed E-state index contributed by atoms with van der Waals surface area (Å²) in [4.78, 5) is 24.1. The molecular formula is C16H17NO5. The molecule has 1 N–H and O–H groups in total. The highest BCUT2D eigenvalue weighted by atomic mass is 16.5. The van der Waals surface area contributed by atoms with Crippen LogP contribution in [0, 0.1) is 0 Å². The molecule has 6 nitrogen and oxygen atoms in total. The topological polar surface area (TPSA) is 77.8 Å². The molecule has 0 spiro atoms. The Bertz CT molecular complexity index is 623. The SMILES string of the molecule is COC(=O)[C@](C)(COc1ccccc1)NC(=O)c1ccoc1.